The number of hydrogen-bond acceptors (Lipinski definition) is 3. The first-order valence-electron chi connectivity index (χ1n) is 5.25. The molecule has 1 N–H and O–H groups in total. The van der Waals surface area contributed by atoms with Gasteiger partial charge in [0.25, 0.3) is 0 Å². The molecule has 0 saturated heterocycles. The second kappa shape index (κ2) is 4.10. The van der Waals surface area contributed by atoms with Crippen LogP contribution in [0.3, 0.4) is 0 Å². The van der Waals surface area contributed by atoms with E-state index in [1.165, 1.54) is 7.11 Å². The Balaban J connectivity index is 2.79. The lowest BCUT2D eigenvalue weighted by Gasteiger charge is -2.38. The quantitative estimate of drug-likeness (QED) is 0.577. The molecule has 2 unspecified atom stereocenters. The standard InChI is InChI=1S/C11H20O4/c1-10(2)8(7-15-14-4)5-6-11(10,3)9(12)13/h8H,5-7H2,1-4H3,(H,12,13). The predicted molar refractivity (Wildman–Crippen MR) is 55.2 cm³/mol. The molecule has 0 aliphatic heterocycles. The van der Waals surface area contributed by atoms with Gasteiger partial charge in [0, 0.05) is 0 Å². The van der Waals surface area contributed by atoms with Crippen molar-refractivity contribution >= 4 is 5.97 Å². The fourth-order valence-electron chi connectivity index (χ4n) is 2.42. The Kier molecular flexibility index (Phi) is 3.41. The smallest absolute Gasteiger partial charge is 0.309 e. The van der Waals surface area contributed by atoms with Crippen molar-refractivity contribution in [2.75, 3.05) is 13.7 Å². The summed E-state index contributed by atoms with van der Waals surface area (Å²) in [6.45, 7) is 6.28. The third kappa shape index (κ3) is 1.88. The molecular formula is C11H20O4. The van der Waals surface area contributed by atoms with Crippen molar-refractivity contribution in [2.24, 2.45) is 16.7 Å². The highest BCUT2D eigenvalue weighted by Gasteiger charge is 2.56. The normalized spacial score (nSPS) is 34.3. The van der Waals surface area contributed by atoms with Crippen LogP contribution in [0.25, 0.3) is 0 Å². The highest BCUT2D eigenvalue weighted by molar-refractivity contribution is 5.75. The van der Waals surface area contributed by atoms with Crippen molar-refractivity contribution in [2.45, 2.75) is 33.6 Å². The van der Waals surface area contributed by atoms with Crippen molar-refractivity contribution in [3.63, 3.8) is 0 Å². The fraction of sp³-hybridized carbons (Fsp3) is 0.909. The van der Waals surface area contributed by atoms with Crippen LogP contribution in [0, 0.1) is 16.7 Å². The van der Waals surface area contributed by atoms with Crippen LogP contribution < -0.4 is 0 Å². The van der Waals surface area contributed by atoms with Crippen LogP contribution in [0.2, 0.25) is 0 Å². The van der Waals surface area contributed by atoms with Crippen LogP contribution in [-0.4, -0.2) is 24.8 Å². The van der Waals surface area contributed by atoms with E-state index in [1.807, 2.05) is 20.8 Å². The van der Waals surface area contributed by atoms with Gasteiger partial charge >= 0.3 is 5.97 Å². The van der Waals surface area contributed by atoms with Gasteiger partial charge in [-0.3, -0.25) is 4.79 Å². The van der Waals surface area contributed by atoms with Crippen LogP contribution in [0.15, 0.2) is 0 Å². The Hall–Kier alpha value is -0.610. The molecule has 0 heterocycles. The zero-order chi connectivity index (χ0) is 11.7. The highest BCUT2D eigenvalue weighted by Crippen LogP contribution is 2.56. The summed E-state index contributed by atoms with van der Waals surface area (Å²) < 4.78 is 0. The highest BCUT2D eigenvalue weighted by atomic mass is 17.2. The molecule has 88 valence electrons. The van der Waals surface area contributed by atoms with Crippen molar-refractivity contribution in [3.8, 4) is 0 Å². The van der Waals surface area contributed by atoms with E-state index < -0.39 is 11.4 Å². The second-order valence-corrected chi connectivity index (χ2v) is 5.05. The number of carboxylic acid groups (broad SMARTS) is 1. The number of rotatable bonds is 4. The summed E-state index contributed by atoms with van der Waals surface area (Å²) in [5, 5.41) is 9.28. The Morgan fingerprint density at radius 1 is 1.47 bits per heavy atom. The zero-order valence-corrected chi connectivity index (χ0v) is 9.87. The number of carboxylic acids is 1. The van der Waals surface area contributed by atoms with Crippen molar-refractivity contribution in [1.29, 1.82) is 0 Å². The van der Waals surface area contributed by atoms with E-state index in [0.717, 1.165) is 6.42 Å². The van der Waals surface area contributed by atoms with Gasteiger partial charge in [-0.15, -0.1) is 0 Å². The van der Waals surface area contributed by atoms with E-state index in [2.05, 4.69) is 4.89 Å². The van der Waals surface area contributed by atoms with Gasteiger partial charge < -0.3 is 5.11 Å². The van der Waals surface area contributed by atoms with Crippen molar-refractivity contribution < 1.29 is 19.7 Å². The number of aliphatic carboxylic acids is 1. The molecule has 1 aliphatic carbocycles. The minimum Gasteiger partial charge on any atom is -0.481 e. The Morgan fingerprint density at radius 2 is 2.07 bits per heavy atom. The Bertz CT molecular complexity index is 249. The van der Waals surface area contributed by atoms with E-state index in [0.29, 0.717) is 13.0 Å². The maximum absolute atomic E-state index is 11.3. The molecule has 4 nitrogen and oxygen atoms in total. The number of carbonyl (C=O) groups is 1. The largest absolute Gasteiger partial charge is 0.481 e. The van der Waals surface area contributed by atoms with Crippen LogP contribution in [-0.2, 0) is 14.6 Å². The molecule has 4 heteroatoms. The third-order valence-electron chi connectivity index (χ3n) is 4.29. The summed E-state index contributed by atoms with van der Waals surface area (Å²) in [5.74, 6) is -0.481. The van der Waals surface area contributed by atoms with Gasteiger partial charge in [0.2, 0.25) is 0 Å². The molecule has 1 saturated carbocycles. The van der Waals surface area contributed by atoms with Gasteiger partial charge in [-0.2, -0.15) is 0 Å². The molecule has 1 aliphatic rings. The molecule has 0 aromatic heterocycles. The van der Waals surface area contributed by atoms with E-state index in [-0.39, 0.29) is 11.3 Å². The molecule has 0 radical (unpaired) electrons. The molecule has 0 bridgehead atoms. The molecule has 15 heavy (non-hydrogen) atoms. The van der Waals surface area contributed by atoms with Gasteiger partial charge in [0.05, 0.1) is 19.1 Å². The van der Waals surface area contributed by atoms with Gasteiger partial charge in [-0.25, -0.2) is 9.78 Å². The molecular weight excluding hydrogens is 196 g/mol. The summed E-state index contributed by atoms with van der Waals surface area (Å²) in [6, 6.07) is 0. The van der Waals surface area contributed by atoms with Crippen LogP contribution in [0.1, 0.15) is 33.6 Å². The molecule has 1 rings (SSSR count). The van der Waals surface area contributed by atoms with Crippen LogP contribution >= 0.6 is 0 Å². The molecule has 2 atom stereocenters. The molecule has 1 fully saturated rings. The van der Waals surface area contributed by atoms with Crippen LogP contribution in [0.5, 0.6) is 0 Å². The van der Waals surface area contributed by atoms with E-state index in [4.69, 9.17) is 4.89 Å². The summed E-state index contributed by atoms with van der Waals surface area (Å²) in [7, 11) is 1.47. The van der Waals surface area contributed by atoms with E-state index in [1.54, 1.807) is 0 Å². The Morgan fingerprint density at radius 3 is 2.47 bits per heavy atom. The summed E-state index contributed by atoms with van der Waals surface area (Å²) in [4.78, 5) is 20.8. The average Bonchev–Trinajstić information content (AvgIpc) is 2.37. The van der Waals surface area contributed by atoms with Crippen molar-refractivity contribution in [3.05, 3.63) is 0 Å². The molecule has 0 spiro atoms. The van der Waals surface area contributed by atoms with E-state index in [9.17, 15) is 9.90 Å². The van der Waals surface area contributed by atoms with Crippen molar-refractivity contribution in [1.82, 2.24) is 0 Å². The predicted octanol–water partition coefficient (Wildman–Crippen LogP) is 2.09. The second-order valence-electron chi connectivity index (χ2n) is 5.05. The topological polar surface area (TPSA) is 55.8 Å². The lowest BCUT2D eigenvalue weighted by atomic mass is 9.66. The summed E-state index contributed by atoms with van der Waals surface area (Å²) in [5.41, 5.74) is -0.924. The zero-order valence-electron chi connectivity index (χ0n) is 9.87. The maximum atomic E-state index is 11.3. The fourth-order valence-corrected chi connectivity index (χ4v) is 2.42. The monoisotopic (exact) mass is 216 g/mol. The first kappa shape index (κ1) is 12.5. The molecule has 0 aromatic carbocycles. The number of hydrogen-bond donors (Lipinski definition) is 1. The maximum Gasteiger partial charge on any atom is 0.309 e. The first-order chi connectivity index (χ1) is 6.86. The summed E-state index contributed by atoms with van der Waals surface area (Å²) >= 11 is 0. The van der Waals surface area contributed by atoms with Gasteiger partial charge in [0.15, 0.2) is 0 Å². The lowest BCUT2D eigenvalue weighted by Crippen LogP contribution is -2.41. The third-order valence-corrected chi connectivity index (χ3v) is 4.29. The minimum absolute atomic E-state index is 0.235. The first-order valence-corrected chi connectivity index (χ1v) is 5.25. The lowest BCUT2D eigenvalue weighted by molar-refractivity contribution is -0.284. The van der Waals surface area contributed by atoms with Gasteiger partial charge in [-0.1, -0.05) is 13.8 Å². The van der Waals surface area contributed by atoms with E-state index >= 15 is 0 Å². The SMILES string of the molecule is COOCC1CCC(C)(C(=O)O)C1(C)C. The summed E-state index contributed by atoms with van der Waals surface area (Å²) in [6.07, 6.45) is 1.58. The Labute approximate surface area is 90.5 Å². The molecule has 0 amide bonds. The van der Waals surface area contributed by atoms with Gasteiger partial charge in [0.1, 0.15) is 0 Å². The van der Waals surface area contributed by atoms with Gasteiger partial charge in [-0.05, 0) is 31.1 Å². The van der Waals surface area contributed by atoms with Crippen LogP contribution in [0.4, 0.5) is 0 Å². The minimum atomic E-state index is -0.715. The molecule has 0 aromatic rings. The average molecular weight is 216 g/mol.